The summed E-state index contributed by atoms with van der Waals surface area (Å²) in [4.78, 5) is 4.80. The normalized spacial score (nSPS) is 9.90. The summed E-state index contributed by atoms with van der Waals surface area (Å²) in [5.74, 6) is 0. The summed E-state index contributed by atoms with van der Waals surface area (Å²) < 4.78 is 0. The molecule has 0 spiro atoms. The fourth-order valence-electron chi connectivity index (χ4n) is 0.343. The van der Waals surface area contributed by atoms with Gasteiger partial charge in [-0.2, -0.15) is 0 Å². The molecule has 0 aromatic carbocycles. The zero-order chi connectivity index (χ0) is 7.82. The zero-order valence-corrected chi connectivity index (χ0v) is 6.50. The van der Waals surface area contributed by atoms with Crippen molar-refractivity contribution in [3.05, 3.63) is 11.6 Å². The largest absolute Gasteiger partial charge is 0.392 e. The van der Waals surface area contributed by atoms with Crippen LogP contribution in [-0.2, 0) is 4.84 Å². The molecule has 0 amide bonds. The molecule has 3 nitrogen and oxygen atoms in total. The summed E-state index contributed by atoms with van der Waals surface area (Å²) in [5.41, 5.74) is 6.35. The lowest BCUT2D eigenvalue weighted by Crippen LogP contribution is -1.99. The van der Waals surface area contributed by atoms with E-state index in [1.54, 1.807) is 0 Å². The van der Waals surface area contributed by atoms with Gasteiger partial charge in [-0.25, -0.2) is 0 Å². The Bertz CT molecular complexity index is 126. The Morgan fingerprint density at radius 1 is 1.60 bits per heavy atom. The molecule has 58 valence electrons. The third-order valence-corrected chi connectivity index (χ3v) is 0.821. The number of rotatable bonds is 4. The van der Waals surface area contributed by atoms with Crippen molar-refractivity contribution in [3.63, 3.8) is 0 Å². The van der Waals surface area contributed by atoms with Gasteiger partial charge in [0.2, 0.25) is 0 Å². The van der Waals surface area contributed by atoms with Crippen molar-refractivity contribution in [2.24, 2.45) is 10.9 Å². The molecule has 0 aromatic heterocycles. The Labute approximate surface area is 61.5 Å². The van der Waals surface area contributed by atoms with Crippen molar-refractivity contribution in [2.45, 2.75) is 13.8 Å². The van der Waals surface area contributed by atoms with Gasteiger partial charge < -0.3 is 10.6 Å². The lowest BCUT2D eigenvalue weighted by molar-refractivity contribution is 0.175. The van der Waals surface area contributed by atoms with Crippen LogP contribution in [0.15, 0.2) is 16.8 Å². The Balaban J connectivity index is 3.21. The Morgan fingerprint density at radius 3 is 2.80 bits per heavy atom. The van der Waals surface area contributed by atoms with E-state index in [9.17, 15) is 0 Å². The van der Waals surface area contributed by atoms with Gasteiger partial charge in [-0.05, 0) is 19.9 Å². The standard InChI is InChI=1S/C7H14N2O/c1-7(2)3-6-10-9-5-4-8/h3,5H,4,6,8H2,1-2H3. The van der Waals surface area contributed by atoms with Gasteiger partial charge in [0.25, 0.3) is 0 Å². The lowest BCUT2D eigenvalue weighted by Gasteiger charge is -1.91. The highest BCUT2D eigenvalue weighted by atomic mass is 16.6. The van der Waals surface area contributed by atoms with E-state index in [0.29, 0.717) is 13.2 Å². The monoisotopic (exact) mass is 142 g/mol. The summed E-state index contributed by atoms with van der Waals surface area (Å²) in [6.07, 6.45) is 3.48. The SMILES string of the molecule is CC(C)=CCON=CCN. The second-order valence-electron chi connectivity index (χ2n) is 2.10. The summed E-state index contributed by atoms with van der Waals surface area (Å²) >= 11 is 0. The molecule has 0 aliphatic rings. The van der Waals surface area contributed by atoms with E-state index in [0.717, 1.165) is 0 Å². The van der Waals surface area contributed by atoms with Crippen molar-refractivity contribution in [2.75, 3.05) is 13.2 Å². The fourth-order valence-corrected chi connectivity index (χ4v) is 0.343. The fraction of sp³-hybridized carbons (Fsp3) is 0.571. The van der Waals surface area contributed by atoms with Crippen molar-refractivity contribution >= 4 is 6.21 Å². The molecule has 2 N–H and O–H groups in total. The van der Waals surface area contributed by atoms with E-state index in [-0.39, 0.29) is 0 Å². The first-order chi connectivity index (χ1) is 4.77. The molecule has 0 fully saturated rings. The molecule has 0 rings (SSSR count). The number of hydrogen-bond donors (Lipinski definition) is 1. The van der Waals surface area contributed by atoms with Crippen LogP contribution < -0.4 is 5.73 Å². The molecule has 0 radical (unpaired) electrons. The molecular weight excluding hydrogens is 128 g/mol. The predicted molar refractivity (Wildman–Crippen MR) is 42.9 cm³/mol. The number of allylic oxidation sites excluding steroid dienone is 1. The maximum absolute atomic E-state index is 5.13. The molecule has 0 saturated carbocycles. The molecule has 0 aromatic rings. The molecule has 0 bridgehead atoms. The molecule has 3 heteroatoms. The molecular formula is C7H14N2O. The maximum Gasteiger partial charge on any atom is 0.135 e. The second-order valence-corrected chi connectivity index (χ2v) is 2.10. The van der Waals surface area contributed by atoms with Crippen molar-refractivity contribution < 1.29 is 4.84 Å². The zero-order valence-electron chi connectivity index (χ0n) is 6.50. The average molecular weight is 142 g/mol. The summed E-state index contributed by atoms with van der Waals surface area (Å²) in [7, 11) is 0. The molecule has 0 unspecified atom stereocenters. The van der Waals surface area contributed by atoms with Crippen LogP contribution in [0.4, 0.5) is 0 Å². The van der Waals surface area contributed by atoms with Crippen LogP contribution in [-0.4, -0.2) is 19.4 Å². The maximum atomic E-state index is 5.13. The highest BCUT2D eigenvalue weighted by molar-refractivity contribution is 5.58. The summed E-state index contributed by atoms with van der Waals surface area (Å²) in [5, 5.41) is 3.57. The van der Waals surface area contributed by atoms with Crippen LogP contribution in [0.1, 0.15) is 13.8 Å². The summed E-state index contributed by atoms with van der Waals surface area (Å²) in [6.45, 7) is 4.97. The quantitative estimate of drug-likeness (QED) is 0.274. The minimum atomic E-state index is 0.425. The van der Waals surface area contributed by atoms with E-state index in [1.807, 2.05) is 19.9 Å². The van der Waals surface area contributed by atoms with Crippen molar-refractivity contribution in [1.82, 2.24) is 0 Å². The van der Waals surface area contributed by atoms with Gasteiger partial charge in [0.1, 0.15) is 6.61 Å². The minimum absolute atomic E-state index is 0.425. The third-order valence-electron chi connectivity index (χ3n) is 0.821. The van der Waals surface area contributed by atoms with Gasteiger partial charge in [0, 0.05) is 6.54 Å². The predicted octanol–water partition coefficient (Wildman–Crippen LogP) is 0.914. The van der Waals surface area contributed by atoms with E-state index in [2.05, 4.69) is 5.16 Å². The minimum Gasteiger partial charge on any atom is -0.392 e. The van der Waals surface area contributed by atoms with Crippen LogP contribution in [0.2, 0.25) is 0 Å². The van der Waals surface area contributed by atoms with Gasteiger partial charge in [-0.15, -0.1) is 0 Å². The number of nitrogens with two attached hydrogens (primary N) is 1. The van der Waals surface area contributed by atoms with Crippen LogP contribution in [0, 0.1) is 0 Å². The number of hydrogen-bond acceptors (Lipinski definition) is 3. The molecule has 0 heterocycles. The highest BCUT2D eigenvalue weighted by Gasteiger charge is 1.76. The van der Waals surface area contributed by atoms with Gasteiger partial charge in [0.05, 0.1) is 6.21 Å². The first kappa shape index (κ1) is 9.17. The second kappa shape index (κ2) is 6.29. The lowest BCUT2D eigenvalue weighted by atomic mass is 10.3. The molecule has 0 aliphatic heterocycles. The molecule has 0 saturated heterocycles. The van der Waals surface area contributed by atoms with Crippen molar-refractivity contribution in [1.29, 1.82) is 0 Å². The highest BCUT2D eigenvalue weighted by Crippen LogP contribution is 1.87. The van der Waals surface area contributed by atoms with E-state index < -0.39 is 0 Å². The van der Waals surface area contributed by atoms with Gasteiger partial charge in [-0.1, -0.05) is 10.7 Å². The van der Waals surface area contributed by atoms with Gasteiger partial charge in [0.15, 0.2) is 0 Å². The van der Waals surface area contributed by atoms with Gasteiger partial charge >= 0.3 is 0 Å². The van der Waals surface area contributed by atoms with Crippen LogP contribution in [0.25, 0.3) is 0 Å². The van der Waals surface area contributed by atoms with Gasteiger partial charge in [-0.3, -0.25) is 0 Å². The topological polar surface area (TPSA) is 47.6 Å². The van der Waals surface area contributed by atoms with E-state index in [4.69, 9.17) is 10.6 Å². The molecule has 10 heavy (non-hydrogen) atoms. The number of oxime groups is 1. The summed E-state index contributed by atoms with van der Waals surface area (Å²) in [6, 6.07) is 0. The first-order valence-electron chi connectivity index (χ1n) is 3.24. The van der Waals surface area contributed by atoms with Crippen LogP contribution in [0.5, 0.6) is 0 Å². The molecule has 0 aliphatic carbocycles. The smallest absolute Gasteiger partial charge is 0.135 e. The Hall–Kier alpha value is -0.830. The number of nitrogens with zero attached hydrogens (tertiary/aromatic N) is 1. The average Bonchev–Trinajstić information content (AvgIpc) is 1.87. The van der Waals surface area contributed by atoms with E-state index in [1.165, 1.54) is 11.8 Å². The third kappa shape index (κ3) is 7.17. The van der Waals surface area contributed by atoms with Crippen LogP contribution in [0.3, 0.4) is 0 Å². The van der Waals surface area contributed by atoms with Crippen molar-refractivity contribution in [3.8, 4) is 0 Å². The Kier molecular flexibility index (Phi) is 5.77. The van der Waals surface area contributed by atoms with Crippen LogP contribution >= 0.6 is 0 Å². The first-order valence-corrected chi connectivity index (χ1v) is 3.24. The Morgan fingerprint density at radius 2 is 2.30 bits per heavy atom. The van der Waals surface area contributed by atoms with E-state index >= 15 is 0 Å². The molecule has 0 atom stereocenters.